The summed E-state index contributed by atoms with van der Waals surface area (Å²) in [7, 11) is 0. The highest BCUT2D eigenvalue weighted by molar-refractivity contribution is 8.00. The maximum absolute atomic E-state index is 11.1. The van der Waals surface area contributed by atoms with Crippen LogP contribution in [0.2, 0.25) is 0 Å². The highest BCUT2D eigenvalue weighted by Gasteiger charge is 2.43. The molecule has 0 spiro atoms. The lowest BCUT2D eigenvalue weighted by molar-refractivity contribution is -0.138. The lowest BCUT2D eigenvalue weighted by atomic mass is 10.0. The first-order valence-electron chi connectivity index (χ1n) is 20.6. The van der Waals surface area contributed by atoms with Gasteiger partial charge in [0.25, 0.3) is 0 Å². The van der Waals surface area contributed by atoms with Crippen LogP contribution in [0.3, 0.4) is 0 Å². The summed E-state index contributed by atoms with van der Waals surface area (Å²) < 4.78 is 9.17. The number of carbonyl (C=O) groups is 4. The molecule has 3 aromatic rings. The van der Waals surface area contributed by atoms with Crippen molar-refractivity contribution in [3.63, 3.8) is 0 Å². The number of aromatic nitrogens is 4. The fourth-order valence-electron chi connectivity index (χ4n) is 7.69. The van der Waals surface area contributed by atoms with E-state index in [1.807, 2.05) is 66.0 Å². The van der Waals surface area contributed by atoms with Crippen molar-refractivity contribution >= 4 is 93.9 Å². The Morgan fingerprint density at radius 1 is 0.565 bits per heavy atom. The van der Waals surface area contributed by atoms with E-state index >= 15 is 0 Å². The standard InChI is InChI=1S/C20H14N4.2C10H16N2O3S.C4H4O2/c1-2-14-10-16-5-6-18(23-16)12-20-8-7-19(24-20)11-17-4-3-15(22-17)9-13(1)21-14;2*13-8(14)4-2-1-3-7-9-6(5-16-7)11-10(15)12-9;1-2-6-4-3-5-1/h1-12,21-22H;2*6-7,9H,1-5H2,(H,13,14)(H2,11,12,15);1-4H/t;2*6-,7-,9-;/m.00./s1. The van der Waals surface area contributed by atoms with Crippen LogP contribution in [0.4, 0.5) is 9.59 Å². The molecule has 18 heteroatoms. The Kier molecular flexibility index (Phi) is 15.3. The number of aliphatic carboxylic acids is 2. The van der Waals surface area contributed by atoms with Gasteiger partial charge in [-0.15, -0.1) is 0 Å². The van der Waals surface area contributed by atoms with Crippen LogP contribution in [0, 0.1) is 0 Å². The average Bonchev–Trinajstić information content (AvgIpc) is 4.11. The molecule has 8 bridgehead atoms. The number of H-pyrrole nitrogens is 2. The Morgan fingerprint density at radius 3 is 1.34 bits per heavy atom. The highest BCUT2D eigenvalue weighted by Crippen LogP contribution is 2.34. The number of carboxylic acids is 2. The minimum atomic E-state index is -0.729. The van der Waals surface area contributed by atoms with Gasteiger partial charge in [0.05, 0.1) is 46.9 Å². The van der Waals surface area contributed by atoms with Crippen LogP contribution in [-0.2, 0) is 19.1 Å². The second-order valence-electron chi connectivity index (χ2n) is 15.2. The Hall–Kier alpha value is -6.14. The average molecular weight is 883 g/mol. The summed E-state index contributed by atoms with van der Waals surface area (Å²) in [5.74, 6) is 0.473. The Morgan fingerprint density at radius 2 is 0.952 bits per heavy atom. The van der Waals surface area contributed by atoms with Gasteiger partial charge in [0.1, 0.15) is 25.0 Å². The van der Waals surface area contributed by atoms with Gasteiger partial charge in [-0.25, -0.2) is 19.6 Å². The molecule has 4 saturated heterocycles. The van der Waals surface area contributed by atoms with E-state index < -0.39 is 11.9 Å². The normalized spacial score (nSPS) is 23.0. The zero-order valence-corrected chi connectivity index (χ0v) is 35.5. The third-order valence-corrected chi connectivity index (χ3v) is 13.6. The van der Waals surface area contributed by atoms with Crippen LogP contribution in [0.15, 0.2) is 73.6 Å². The Bertz CT molecular complexity index is 2210. The number of carboxylic acid groups (broad SMARTS) is 2. The molecule has 4 amide bonds. The van der Waals surface area contributed by atoms with Crippen molar-refractivity contribution in [1.29, 1.82) is 0 Å². The van der Waals surface area contributed by atoms with Crippen molar-refractivity contribution in [2.24, 2.45) is 0 Å². The summed E-state index contributed by atoms with van der Waals surface area (Å²) in [6.45, 7) is 0. The van der Waals surface area contributed by atoms with E-state index in [0.29, 0.717) is 10.5 Å². The highest BCUT2D eigenvalue weighted by atomic mass is 32.2. The predicted molar refractivity (Wildman–Crippen MR) is 242 cm³/mol. The van der Waals surface area contributed by atoms with Crippen LogP contribution in [0.25, 0.3) is 46.4 Å². The third-order valence-electron chi connectivity index (χ3n) is 10.6. The number of hydrogen-bond acceptors (Lipinski definition) is 10. The predicted octanol–water partition coefficient (Wildman–Crippen LogP) is 7.22. The molecule has 3 aromatic heterocycles. The smallest absolute Gasteiger partial charge is 0.315 e. The lowest BCUT2D eigenvalue weighted by Crippen LogP contribution is -2.36. The Labute approximate surface area is 366 Å². The van der Waals surface area contributed by atoms with Crippen molar-refractivity contribution in [2.45, 2.75) is 86.0 Å². The number of nitrogens with zero attached hydrogens (tertiary/aromatic N) is 2. The van der Waals surface area contributed by atoms with Crippen molar-refractivity contribution in [3.05, 3.63) is 96.4 Å². The maximum Gasteiger partial charge on any atom is 0.315 e. The summed E-state index contributed by atoms with van der Waals surface area (Å²) in [6, 6.07) is 17.3. The summed E-state index contributed by atoms with van der Waals surface area (Å²) in [6.07, 6.45) is 19.6. The molecule has 7 aliphatic heterocycles. The molecule has 62 heavy (non-hydrogen) atoms. The number of unbranched alkanes of at least 4 members (excludes halogenated alkanes) is 2. The van der Waals surface area contributed by atoms with Crippen molar-refractivity contribution in [3.8, 4) is 0 Å². The largest absolute Gasteiger partial charge is 0.481 e. The molecule has 6 atom stereocenters. The zero-order valence-electron chi connectivity index (χ0n) is 33.8. The Balaban J connectivity index is 0.000000135. The molecule has 10 heterocycles. The van der Waals surface area contributed by atoms with Crippen molar-refractivity contribution in [1.82, 2.24) is 41.2 Å². The van der Waals surface area contributed by atoms with Crippen LogP contribution in [-0.4, -0.2) is 100 Å². The molecule has 4 fully saturated rings. The second kappa shape index (κ2) is 21.6. The van der Waals surface area contributed by atoms with E-state index in [-0.39, 0.29) is 49.1 Å². The molecule has 326 valence electrons. The van der Waals surface area contributed by atoms with Gasteiger partial charge in [-0.2, -0.15) is 23.5 Å². The number of fused-ring (bicyclic) bond motifs is 10. The van der Waals surface area contributed by atoms with E-state index in [4.69, 9.17) is 10.2 Å². The first-order valence-corrected chi connectivity index (χ1v) is 22.7. The monoisotopic (exact) mass is 882 g/mol. The van der Waals surface area contributed by atoms with Gasteiger partial charge >= 0.3 is 24.0 Å². The number of hydrogen-bond donors (Lipinski definition) is 8. The molecule has 0 unspecified atom stereocenters. The van der Waals surface area contributed by atoms with Gasteiger partial charge in [-0.1, -0.05) is 12.8 Å². The molecule has 0 radical (unpaired) electrons. The van der Waals surface area contributed by atoms with Crippen LogP contribution < -0.4 is 21.3 Å². The molecule has 0 aliphatic carbocycles. The van der Waals surface area contributed by atoms with Gasteiger partial charge in [0.2, 0.25) is 0 Å². The summed E-state index contributed by atoms with van der Waals surface area (Å²) in [5.41, 5.74) is 7.86. The molecule has 10 rings (SSSR count). The molecule has 7 aliphatic rings. The summed E-state index contributed by atoms with van der Waals surface area (Å²) in [5, 5.41) is 29.6. The minimum Gasteiger partial charge on any atom is -0.481 e. The van der Waals surface area contributed by atoms with Gasteiger partial charge in [0, 0.05) is 56.9 Å². The fraction of sp³-hybridized carbons (Fsp3) is 0.364. The first-order chi connectivity index (χ1) is 30.1. The molecule has 8 N–H and O–H groups in total. The van der Waals surface area contributed by atoms with Crippen LogP contribution in [0.1, 0.15) is 74.1 Å². The number of rotatable bonds is 10. The quantitative estimate of drug-likeness (QED) is 0.0513. The number of urea groups is 2. The minimum absolute atomic E-state index is 0.0640. The number of ether oxygens (including phenoxy) is 2. The first kappa shape index (κ1) is 43.9. The summed E-state index contributed by atoms with van der Waals surface area (Å²) >= 11 is 3.74. The van der Waals surface area contributed by atoms with Gasteiger partial charge in [-0.3, -0.25) is 9.59 Å². The van der Waals surface area contributed by atoms with E-state index in [0.717, 1.165) is 94.9 Å². The molecular formula is C44H50N8O8S2. The molecular weight excluding hydrogens is 833 g/mol. The SMILES string of the molecule is C1=COC=CO1.C1=Cc2cc3ccc(cc4ccc(cc5nc(cc1n2)C=C5)[nH]4)[nH]3.O=C(O)CCCC[C@@H]1SC[C@@H]2NC(=O)N[C@@H]21.O=C(O)CCCC[C@@H]1SC[C@@H]2NC(=O)N[C@@H]21. The van der Waals surface area contributed by atoms with Gasteiger partial charge < -0.3 is 50.9 Å². The maximum atomic E-state index is 11.1. The fourth-order valence-corrected chi connectivity index (χ4v) is 10.8. The summed E-state index contributed by atoms with van der Waals surface area (Å²) in [4.78, 5) is 58.9. The van der Waals surface area contributed by atoms with Crippen molar-refractivity contribution < 1.29 is 38.9 Å². The van der Waals surface area contributed by atoms with Crippen LogP contribution >= 0.6 is 23.5 Å². The molecule has 16 nitrogen and oxygen atoms in total. The van der Waals surface area contributed by atoms with Crippen LogP contribution in [0.5, 0.6) is 0 Å². The number of carbonyl (C=O) groups excluding carboxylic acids is 2. The van der Waals surface area contributed by atoms with Gasteiger partial charge in [-0.05, 0) is 98.5 Å². The van der Waals surface area contributed by atoms with E-state index in [2.05, 4.69) is 81.0 Å². The molecule has 0 saturated carbocycles. The van der Waals surface area contributed by atoms with E-state index in [9.17, 15) is 19.2 Å². The lowest BCUT2D eigenvalue weighted by Gasteiger charge is -2.16. The molecule has 0 aromatic carbocycles. The zero-order chi connectivity index (χ0) is 43.3. The second-order valence-corrected chi connectivity index (χ2v) is 17.8. The van der Waals surface area contributed by atoms with Crippen molar-refractivity contribution in [2.75, 3.05) is 11.5 Å². The number of amides is 4. The van der Waals surface area contributed by atoms with Gasteiger partial charge in [0.15, 0.2) is 0 Å². The van der Waals surface area contributed by atoms with E-state index in [1.54, 1.807) is 0 Å². The third kappa shape index (κ3) is 12.9. The number of thioether (sulfide) groups is 2. The van der Waals surface area contributed by atoms with E-state index in [1.165, 1.54) is 25.0 Å². The topological polar surface area (TPSA) is 233 Å². The number of nitrogens with one attached hydrogen (secondary N) is 6. The number of aromatic amines is 2.